The van der Waals surface area contributed by atoms with Crippen molar-refractivity contribution < 1.29 is 9.66 Å². The highest BCUT2D eigenvalue weighted by Crippen LogP contribution is 2.23. The van der Waals surface area contributed by atoms with Gasteiger partial charge in [-0.25, -0.2) is 4.98 Å². The van der Waals surface area contributed by atoms with Crippen LogP contribution in [0.1, 0.15) is 25.5 Å². The van der Waals surface area contributed by atoms with Crippen molar-refractivity contribution in [1.82, 2.24) is 4.98 Å². The molecule has 0 bridgehead atoms. The van der Waals surface area contributed by atoms with Crippen LogP contribution in [0, 0.1) is 10.1 Å². The van der Waals surface area contributed by atoms with E-state index in [0.717, 1.165) is 12.8 Å². The summed E-state index contributed by atoms with van der Waals surface area (Å²) in [6.45, 7) is 2.02. The lowest BCUT2D eigenvalue weighted by molar-refractivity contribution is -0.386. The van der Waals surface area contributed by atoms with Crippen molar-refractivity contribution in [2.45, 2.75) is 31.6 Å². The Balaban J connectivity index is 2.96. The third kappa shape index (κ3) is 3.85. The highest BCUT2D eigenvalue weighted by atomic mass is 35.5. The highest BCUT2D eigenvalue weighted by molar-refractivity contribution is 6.20. The molecule has 1 atom stereocenters. The molecule has 0 amide bonds. The summed E-state index contributed by atoms with van der Waals surface area (Å²) in [4.78, 5) is 14.5. The van der Waals surface area contributed by atoms with Gasteiger partial charge in [-0.3, -0.25) is 10.1 Å². The number of pyridine rings is 1. The Bertz CT molecular complexity index is 398. The van der Waals surface area contributed by atoms with Gasteiger partial charge in [-0.05, 0) is 6.42 Å². The minimum Gasteiger partial charge on any atom is -0.481 e. The van der Waals surface area contributed by atoms with E-state index in [9.17, 15) is 10.1 Å². The molecule has 0 spiro atoms. The zero-order chi connectivity index (χ0) is 12.8. The molecule has 0 aromatic carbocycles. The molecule has 1 aromatic heterocycles. The number of methoxy groups -OCH3 is 1. The van der Waals surface area contributed by atoms with Gasteiger partial charge in [0.2, 0.25) is 5.88 Å². The first-order valence-electron chi connectivity index (χ1n) is 5.40. The minimum absolute atomic E-state index is 0.00690. The van der Waals surface area contributed by atoms with Crippen molar-refractivity contribution in [3.63, 3.8) is 0 Å². The van der Waals surface area contributed by atoms with E-state index >= 15 is 0 Å². The minimum atomic E-state index is -0.447. The predicted octanol–water partition coefficient (Wildman–Crippen LogP) is 2.95. The van der Waals surface area contributed by atoms with E-state index in [1.54, 1.807) is 0 Å². The van der Waals surface area contributed by atoms with Crippen LogP contribution in [-0.2, 0) is 6.42 Å². The SMILES string of the molecule is CCCC(Cl)Cc1nc(OC)ccc1[N+](=O)[O-]. The zero-order valence-electron chi connectivity index (χ0n) is 9.85. The highest BCUT2D eigenvalue weighted by Gasteiger charge is 2.19. The van der Waals surface area contributed by atoms with Gasteiger partial charge in [0.25, 0.3) is 5.69 Å². The van der Waals surface area contributed by atoms with Crippen molar-refractivity contribution >= 4 is 17.3 Å². The Morgan fingerprint density at radius 2 is 2.29 bits per heavy atom. The molecule has 0 saturated carbocycles. The number of ether oxygens (including phenoxy) is 1. The van der Waals surface area contributed by atoms with E-state index in [1.807, 2.05) is 6.92 Å². The standard InChI is InChI=1S/C11H15ClN2O3/c1-3-4-8(12)7-9-10(14(15)16)5-6-11(13-9)17-2/h5-6,8H,3-4,7H2,1-2H3. The van der Waals surface area contributed by atoms with Gasteiger partial charge in [0.1, 0.15) is 5.69 Å². The zero-order valence-corrected chi connectivity index (χ0v) is 10.6. The molecule has 1 heterocycles. The second-order valence-corrected chi connectivity index (χ2v) is 4.28. The molecule has 17 heavy (non-hydrogen) atoms. The van der Waals surface area contributed by atoms with E-state index in [-0.39, 0.29) is 11.1 Å². The number of hydrogen-bond acceptors (Lipinski definition) is 4. The van der Waals surface area contributed by atoms with Gasteiger partial charge in [0.05, 0.1) is 12.0 Å². The third-order valence-electron chi connectivity index (χ3n) is 2.35. The molecule has 1 rings (SSSR count). The summed E-state index contributed by atoms with van der Waals surface area (Å²) >= 11 is 6.08. The third-order valence-corrected chi connectivity index (χ3v) is 2.72. The Kier molecular flexibility index (Phi) is 5.15. The molecular weight excluding hydrogens is 244 g/mol. The van der Waals surface area contributed by atoms with Crippen LogP contribution in [0.2, 0.25) is 0 Å². The summed E-state index contributed by atoms with van der Waals surface area (Å²) in [5.41, 5.74) is 0.371. The van der Waals surface area contributed by atoms with Crippen LogP contribution in [0.4, 0.5) is 5.69 Å². The number of alkyl halides is 1. The number of aromatic nitrogens is 1. The molecule has 6 heteroatoms. The van der Waals surface area contributed by atoms with E-state index in [0.29, 0.717) is 18.0 Å². The first-order valence-corrected chi connectivity index (χ1v) is 5.84. The van der Waals surface area contributed by atoms with Gasteiger partial charge >= 0.3 is 0 Å². The van der Waals surface area contributed by atoms with Crippen LogP contribution < -0.4 is 4.74 Å². The molecular formula is C11H15ClN2O3. The molecule has 0 N–H and O–H groups in total. The van der Waals surface area contributed by atoms with Crippen LogP contribution in [0.15, 0.2) is 12.1 Å². The van der Waals surface area contributed by atoms with Gasteiger partial charge in [0, 0.05) is 23.9 Å². The van der Waals surface area contributed by atoms with Crippen molar-refractivity contribution in [3.8, 4) is 5.88 Å². The normalized spacial score (nSPS) is 12.2. The fourth-order valence-corrected chi connectivity index (χ4v) is 1.89. The molecule has 5 nitrogen and oxygen atoms in total. The maximum Gasteiger partial charge on any atom is 0.291 e. The quantitative estimate of drug-likeness (QED) is 0.447. The largest absolute Gasteiger partial charge is 0.481 e. The lowest BCUT2D eigenvalue weighted by atomic mass is 10.1. The summed E-state index contributed by atoms with van der Waals surface area (Å²) in [6.07, 6.45) is 2.12. The number of nitro groups is 1. The molecule has 0 aliphatic carbocycles. The van der Waals surface area contributed by atoms with Crippen molar-refractivity contribution in [2.24, 2.45) is 0 Å². The Morgan fingerprint density at radius 3 is 2.82 bits per heavy atom. The summed E-state index contributed by atoms with van der Waals surface area (Å²) in [7, 11) is 1.47. The van der Waals surface area contributed by atoms with Crippen LogP contribution in [0.3, 0.4) is 0 Å². The topological polar surface area (TPSA) is 65.3 Å². The van der Waals surface area contributed by atoms with E-state index in [4.69, 9.17) is 16.3 Å². The number of rotatable bonds is 6. The second-order valence-electron chi connectivity index (χ2n) is 3.67. The maximum absolute atomic E-state index is 10.8. The summed E-state index contributed by atoms with van der Waals surface area (Å²) < 4.78 is 4.95. The van der Waals surface area contributed by atoms with Gasteiger partial charge in [-0.15, -0.1) is 11.6 Å². The van der Waals surface area contributed by atoms with E-state index in [1.165, 1.54) is 19.2 Å². The van der Waals surface area contributed by atoms with Crippen molar-refractivity contribution in [3.05, 3.63) is 27.9 Å². The molecule has 1 unspecified atom stereocenters. The van der Waals surface area contributed by atoms with E-state index in [2.05, 4.69) is 4.98 Å². The second kappa shape index (κ2) is 6.39. The molecule has 0 aliphatic heterocycles. The summed E-state index contributed by atoms with van der Waals surface area (Å²) in [5, 5.41) is 10.7. The average Bonchev–Trinajstić information content (AvgIpc) is 2.28. The number of nitrogens with zero attached hydrogens (tertiary/aromatic N) is 2. The Hall–Kier alpha value is -1.36. The molecule has 0 fully saturated rings. The summed E-state index contributed by atoms with van der Waals surface area (Å²) in [6, 6.07) is 2.88. The van der Waals surface area contributed by atoms with Gasteiger partial charge in [-0.2, -0.15) is 0 Å². The summed E-state index contributed by atoms with van der Waals surface area (Å²) in [5.74, 6) is 0.367. The van der Waals surface area contributed by atoms with Gasteiger partial charge < -0.3 is 4.74 Å². The fourth-order valence-electron chi connectivity index (χ4n) is 1.53. The van der Waals surface area contributed by atoms with Gasteiger partial charge in [-0.1, -0.05) is 13.3 Å². The fraction of sp³-hybridized carbons (Fsp3) is 0.545. The number of hydrogen-bond donors (Lipinski definition) is 0. The van der Waals surface area contributed by atoms with Crippen LogP contribution in [0.25, 0.3) is 0 Å². The van der Waals surface area contributed by atoms with Crippen LogP contribution in [0.5, 0.6) is 5.88 Å². The molecule has 0 aliphatic rings. The molecule has 0 radical (unpaired) electrons. The average molecular weight is 259 g/mol. The van der Waals surface area contributed by atoms with Crippen LogP contribution in [-0.4, -0.2) is 22.4 Å². The Morgan fingerprint density at radius 1 is 1.59 bits per heavy atom. The van der Waals surface area contributed by atoms with Crippen molar-refractivity contribution in [2.75, 3.05) is 7.11 Å². The van der Waals surface area contributed by atoms with Gasteiger partial charge in [0.15, 0.2) is 0 Å². The lowest BCUT2D eigenvalue weighted by Crippen LogP contribution is -2.08. The first kappa shape index (κ1) is 13.7. The molecule has 1 aromatic rings. The lowest BCUT2D eigenvalue weighted by Gasteiger charge is -2.08. The maximum atomic E-state index is 10.8. The monoisotopic (exact) mass is 258 g/mol. The number of halogens is 1. The first-order chi connectivity index (χ1) is 8.08. The predicted molar refractivity (Wildman–Crippen MR) is 65.7 cm³/mol. The van der Waals surface area contributed by atoms with E-state index < -0.39 is 4.92 Å². The molecule has 0 saturated heterocycles. The van der Waals surface area contributed by atoms with Crippen molar-refractivity contribution in [1.29, 1.82) is 0 Å². The van der Waals surface area contributed by atoms with Crippen LogP contribution >= 0.6 is 11.6 Å². The Labute approximate surface area is 105 Å². The smallest absolute Gasteiger partial charge is 0.291 e. The molecule has 94 valence electrons.